The highest BCUT2D eigenvalue weighted by atomic mass is 15.0. The van der Waals surface area contributed by atoms with E-state index in [-0.39, 0.29) is 0 Å². The predicted molar refractivity (Wildman–Crippen MR) is 276 cm³/mol. The summed E-state index contributed by atoms with van der Waals surface area (Å²) in [5.74, 6) is 0. The van der Waals surface area contributed by atoms with Crippen LogP contribution in [0.15, 0.2) is 184 Å². The summed E-state index contributed by atoms with van der Waals surface area (Å²) in [6.07, 6.45) is 21.1. The van der Waals surface area contributed by atoms with Crippen molar-refractivity contribution in [2.24, 2.45) is 0 Å². The third kappa shape index (κ3) is 6.10. The lowest BCUT2D eigenvalue weighted by molar-refractivity contribution is 0.883. The van der Waals surface area contributed by atoms with Crippen molar-refractivity contribution in [3.8, 4) is 44.8 Å². The first kappa shape index (κ1) is 39.1. The Kier molecular flexibility index (Phi) is 9.28. The van der Waals surface area contributed by atoms with Crippen molar-refractivity contribution < 1.29 is 0 Å². The summed E-state index contributed by atoms with van der Waals surface area (Å²) in [4.78, 5) is 9.03. The molecule has 6 heteroatoms. The molecule has 0 fully saturated rings. The van der Waals surface area contributed by atoms with Gasteiger partial charge in [0.25, 0.3) is 0 Å². The Morgan fingerprint density at radius 2 is 1.11 bits per heavy atom. The van der Waals surface area contributed by atoms with Crippen LogP contribution in [0.3, 0.4) is 0 Å². The molecule has 0 amide bonds. The number of rotatable bonds is 10. The van der Waals surface area contributed by atoms with Gasteiger partial charge in [-0.25, -0.2) is 0 Å². The van der Waals surface area contributed by atoms with E-state index in [0.29, 0.717) is 0 Å². The highest BCUT2D eigenvalue weighted by Crippen LogP contribution is 2.51. The molecule has 10 aromatic rings. The number of aryl methyl sites for hydroxylation is 4. The van der Waals surface area contributed by atoms with Gasteiger partial charge in [0.2, 0.25) is 0 Å². The number of fused-ring (bicyclic) bond motifs is 8. The molecule has 66 heavy (non-hydrogen) atoms. The monoisotopic (exact) mass is 848 g/mol. The molecule has 12 rings (SSSR count). The average molecular weight is 849 g/mol. The van der Waals surface area contributed by atoms with Crippen molar-refractivity contribution in [1.82, 2.24) is 19.1 Å². The molecule has 4 aromatic heterocycles. The fourth-order valence-electron chi connectivity index (χ4n) is 10.9. The van der Waals surface area contributed by atoms with Gasteiger partial charge in [0.05, 0.1) is 22.1 Å². The highest BCUT2D eigenvalue weighted by Gasteiger charge is 2.33. The third-order valence-corrected chi connectivity index (χ3v) is 13.7. The van der Waals surface area contributed by atoms with Crippen molar-refractivity contribution >= 4 is 67.2 Å². The summed E-state index contributed by atoms with van der Waals surface area (Å²) in [6, 6.07) is 44.3. The van der Waals surface area contributed by atoms with Crippen LogP contribution in [0.2, 0.25) is 0 Å². The maximum absolute atomic E-state index is 8.38. The van der Waals surface area contributed by atoms with Gasteiger partial charge >= 0.3 is 0 Å². The summed E-state index contributed by atoms with van der Waals surface area (Å²) in [5, 5.41) is 21.1. The van der Waals surface area contributed by atoms with E-state index in [2.05, 4.69) is 141 Å². The van der Waals surface area contributed by atoms with Gasteiger partial charge in [-0.15, -0.1) is 0 Å². The van der Waals surface area contributed by atoms with E-state index in [4.69, 9.17) is 10.8 Å². The number of pyridine rings is 2. The van der Waals surface area contributed by atoms with E-state index in [0.717, 1.165) is 87.1 Å². The maximum Gasteiger partial charge on any atom is 0.0579 e. The molecule has 314 valence electrons. The molecule has 6 nitrogen and oxygen atoms in total. The smallest absolute Gasteiger partial charge is 0.0579 e. The van der Waals surface area contributed by atoms with Crippen molar-refractivity contribution in [1.29, 1.82) is 10.8 Å². The number of nitrogens with zero attached hydrogens (tertiary/aromatic N) is 4. The van der Waals surface area contributed by atoms with Crippen molar-refractivity contribution in [3.63, 3.8) is 0 Å². The first-order chi connectivity index (χ1) is 32.5. The van der Waals surface area contributed by atoms with E-state index >= 15 is 0 Å². The van der Waals surface area contributed by atoms with Crippen molar-refractivity contribution in [3.05, 3.63) is 217 Å². The second kappa shape index (κ2) is 15.6. The Labute approximate surface area is 382 Å². The SMILES string of the molecule is C=C/C=C(\C=N)c1cc(C(=C)/C=C\C=N)cc(-n2c3ccccc3c3cc4c5c(c32)CCc2cc3c6ccccc6n(-c6cc(-c7cccnc7)cc(-c7cccnc7)c6)c3c(c2-5)CC4)c1. The minimum Gasteiger partial charge on any atom is -0.309 e. The average Bonchev–Trinajstić information content (AvgIpc) is 3.89. The van der Waals surface area contributed by atoms with Gasteiger partial charge in [0.15, 0.2) is 0 Å². The maximum atomic E-state index is 8.38. The zero-order valence-electron chi connectivity index (χ0n) is 36.4. The van der Waals surface area contributed by atoms with Crippen LogP contribution in [0.25, 0.3) is 99.5 Å². The molecule has 0 spiro atoms. The lowest BCUT2D eigenvalue weighted by Gasteiger charge is -2.31. The van der Waals surface area contributed by atoms with Gasteiger partial charge < -0.3 is 20.0 Å². The number of aromatic nitrogens is 4. The molecule has 6 aromatic carbocycles. The molecule has 2 N–H and O–H groups in total. The summed E-state index contributed by atoms with van der Waals surface area (Å²) in [5.41, 5.74) is 23.1. The predicted octanol–water partition coefficient (Wildman–Crippen LogP) is 14.3. The van der Waals surface area contributed by atoms with Gasteiger partial charge in [-0.05, 0) is 171 Å². The first-order valence-corrected chi connectivity index (χ1v) is 22.5. The molecule has 0 aliphatic heterocycles. The number of hydrogen-bond donors (Lipinski definition) is 2. The minimum absolute atomic E-state index is 0.757. The zero-order chi connectivity index (χ0) is 44.5. The van der Waals surface area contributed by atoms with Crippen LogP contribution in [-0.2, 0) is 25.7 Å². The Hall–Kier alpha value is -8.48. The van der Waals surface area contributed by atoms with Crippen LogP contribution in [-0.4, -0.2) is 31.5 Å². The lowest BCUT2D eigenvalue weighted by Crippen LogP contribution is -2.16. The molecule has 2 aliphatic carbocycles. The Bertz CT molecular complexity index is 3710. The number of allylic oxidation sites excluding steroid dienone is 6. The summed E-state index contributed by atoms with van der Waals surface area (Å²) < 4.78 is 4.98. The molecule has 2 aliphatic rings. The number of benzene rings is 6. The number of para-hydroxylation sites is 2. The number of nitrogens with one attached hydrogen (secondary N) is 2. The largest absolute Gasteiger partial charge is 0.309 e. The molecule has 4 heterocycles. The molecule has 0 saturated carbocycles. The van der Waals surface area contributed by atoms with Crippen LogP contribution in [0.5, 0.6) is 0 Å². The van der Waals surface area contributed by atoms with Gasteiger partial charge in [-0.1, -0.05) is 79.9 Å². The van der Waals surface area contributed by atoms with Gasteiger partial charge in [0, 0.05) is 81.3 Å². The van der Waals surface area contributed by atoms with Crippen LogP contribution in [0.1, 0.15) is 33.4 Å². The molecule has 0 atom stereocenters. The molecule has 0 unspecified atom stereocenters. The first-order valence-electron chi connectivity index (χ1n) is 22.5. The van der Waals surface area contributed by atoms with Crippen molar-refractivity contribution in [2.45, 2.75) is 25.7 Å². The van der Waals surface area contributed by atoms with Crippen LogP contribution >= 0.6 is 0 Å². The Morgan fingerprint density at radius 3 is 1.62 bits per heavy atom. The minimum atomic E-state index is 0.757. The quantitative estimate of drug-likeness (QED) is 0.106. The lowest BCUT2D eigenvalue weighted by atomic mass is 9.74. The summed E-state index contributed by atoms with van der Waals surface area (Å²) >= 11 is 0. The molecule has 0 radical (unpaired) electrons. The van der Waals surface area contributed by atoms with E-state index in [1.54, 1.807) is 12.2 Å². The zero-order valence-corrected chi connectivity index (χ0v) is 36.4. The Balaban J connectivity index is 1.15. The summed E-state index contributed by atoms with van der Waals surface area (Å²) in [7, 11) is 0. The third-order valence-electron chi connectivity index (χ3n) is 13.7. The van der Waals surface area contributed by atoms with E-state index in [9.17, 15) is 0 Å². The van der Waals surface area contributed by atoms with E-state index in [1.165, 1.54) is 83.9 Å². The van der Waals surface area contributed by atoms with E-state index < -0.39 is 0 Å². The van der Waals surface area contributed by atoms with E-state index in [1.807, 2.05) is 49.1 Å². The molecular formula is C60H44N6. The Morgan fingerprint density at radius 1 is 0.561 bits per heavy atom. The van der Waals surface area contributed by atoms with Crippen LogP contribution in [0, 0.1) is 10.8 Å². The second-order valence-electron chi connectivity index (χ2n) is 17.3. The normalized spacial score (nSPS) is 13.2. The van der Waals surface area contributed by atoms with Crippen LogP contribution in [0.4, 0.5) is 0 Å². The second-order valence-corrected chi connectivity index (χ2v) is 17.3. The fraction of sp³-hybridized carbons (Fsp3) is 0.0667. The molecular weight excluding hydrogens is 805 g/mol. The molecule has 0 saturated heterocycles. The highest BCUT2D eigenvalue weighted by molar-refractivity contribution is 6.16. The van der Waals surface area contributed by atoms with Crippen molar-refractivity contribution in [2.75, 3.05) is 0 Å². The van der Waals surface area contributed by atoms with Gasteiger partial charge in [-0.2, -0.15) is 0 Å². The number of hydrogen-bond acceptors (Lipinski definition) is 4. The fourth-order valence-corrected chi connectivity index (χ4v) is 10.9. The van der Waals surface area contributed by atoms with Gasteiger partial charge in [0.1, 0.15) is 0 Å². The van der Waals surface area contributed by atoms with Crippen LogP contribution < -0.4 is 0 Å². The molecule has 0 bridgehead atoms. The summed E-state index contributed by atoms with van der Waals surface area (Å²) in [6.45, 7) is 8.37. The standard InChI is InChI=1S/C60H44N6/c1-3-11-40(34-62)44-26-43(37(2)12-8-23-61)28-47(29-44)65-55-17-6-4-15-49(55)53-32-38-20-22-52-58-39(19-21-51(57(38)58)59(53)65)33-54-50-16-5-7-18-56(50)66(60(52)54)48-30-45(41-13-9-24-63-35-41)27-46(31-48)42-14-10-25-64-36-42/h3-18,23-36,61-62H,1-2,19-22H2/b12-8-,40-11+,61-23?,62-34?. The topological polar surface area (TPSA) is 83.3 Å². The van der Waals surface area contributed by atoms with Gasteiger partial charge in [-0.3, -0.25) is 9.97 Å².